The summed E-state index contributed by atoms with van der Waals surface area (Å²) in [5.74, 6) is -0.879. The van der Waals surface area contributed by atoms with E-state index >= 15 is 0 Å². The quantitative estimate of drug-likeness (QED) is 0.213. The van der Waals surface area contributed by atoms with E-state index in [1.807, 2.05) is 0 Å². The summed E-state index contributed by atoms with van der Waals surface area (Å²) in [6, 6.07) is 4.55. The number of aryl methyl sites for hydroxylation is 1. The minimum atomic E-state index is -1.27. The van der Waals surface area contributed by atoms with Gasteiger partial charge in [-0.3, -0.25) is 9.48 Å². The second kappa shape index (κ2) is 10.7. The van der Waals surface area contributed by atoms with Crippen molar-refractivity contribution in [3.63, 3.8) is 0 Å². The largest absolute Gasteiger partial charge is 0.394 e. The number of aliphatic hydroxyl groups is 2. The minimum absolute atomic E-state index is 0.188. The lowest BCUT2D eigenvalue weighted by Crippen LogP contribution is -2.44. The Labute approximate surface area is 215 Å². The number of hydrogen-bond donors (Lipinski definition) is 3. The van der Waals surface area contributed by atoms with E-state index in [2.05, 4.69) is 35.0 Å². The first kappa shape index (κ1) is 26.9. The van der Waals surface area contributed by atoms with Crippen molar-refractivity contribution in [3.8, 4) is 11.4 Å². The zero-order chi connectivity index (χ0) is 26.9. The zero-order valence-corrected chi connectivity index (χ0v) is 22.7. The molecule has 1 aromatic carbocycles. The molecular weight excluding hydrogens is 495 g/mol. The van der Waals surface area contributed by atoms with Crippen LogP contribution in [-0.4, -0.2) is 73.9 Å². The molecule has 0 aliphatic rings. The van der Waals surface area contributed by atoms with Crippen molar-refractivity contribution in [1.82, 2.24) is 29.6 Å². The molecule has 0 saturated heterocycles. The second-order valence-corrected chi connectivity index (χ2v) is 16.0. The third-order valence-electron chi connectivity index (χ3n) is 6.19. The van der Waals surface area contributed by atoms with Crippen molar-refractivity contribution >= 4 is 36.0 Å². The highest BCUT2D eigenvalue weighted by Gasteiger charge is 2.24. The molecular formula is C25H33FN6O4Si. The molecule has 3 heterocycles. The number of aliphatic hydroxyl groups excluding tert-OH is 2. The summed E-state index contributed by atoms with van der Waals surface area (Å²) in [4.78, 5) is 22.5. The molecule has 4 aromatic rings. The van der Waals surface area contributed by atoms with Crippen LogP contribution in [0.15, 0.2) is 30.6 Å². The highest BCUT2D eigenvalue weighted by Crippen LogP contribution is 2.29. The van der Waals surface area contributed by atoms with Gasteiger partial charge in [0.25, 0.3) is 5.91 Å². The van der Waals surface area contributed by atoms with Gasteiger partial charge in [0.1, 0.15) is 29.5 Å². The molecule has 2 atom stereocenters. The summed E-state index contributed by atoms with van der Waals surface area (Å²) >= 11 is 0. The third-order valence-corrected chi connectivity index (χ3v) is 7.89. The number of ether oxygens (including phenoxy) is 1. The average Bonchev–Trinajstić information content (AvgIpc) is 3.36. The molecule has 0 spiro atoms. The molecule has 0 saturated carbocycles. The van der Waals surface area contributed by atoms with E-state index in [9.17, 15) is 19.4 Å². The maximum atomic E-state index is 13.8. The summed E-state index contributed by atoms with van der Waals surface area (Å²) in [5.41, 5.74) is 2.53. The maximum Gasteiger partial charge on any atom is 0.255 e. The van der Waals surface area contributed by atoms with Gasteiger partial charge in [0.2, 0.25) is 0 Å². The zero-order valence-electron chi connectivity index (χ0n) is 21.7. The second-order valence-electron chi connectivity index (χ2n) is 10.4. The third kappa shape index (κ3) is 5.87. The van der Waals surface area contributed by atoms with Gasteiger partial charge >= 0.3 is 0 Å². The molecule has 3 aromatic heterocycles. The van der Waals surface area contributed by atoms with E-state index in [1.54, 1.807) is 34.8 Å². The van der Waals surface area contributed by atoms with Gasteiger partial charge in [-0.2, -0.15) is 5.10 Å². The first-order chi connectivity index (χ1) is 17.5. The number of hydrogen-bond acceptors (Lipinski definition) is 7. The van der Waals surface area contributed by atoms with Gasteiger partial charge in [0.05, 0.1) is 36.0 Å². The van der Waals surface area contributed by atoms with Crippen LogP contribution < -0.4 is 5.32 Å². The van der Waals surface area contributed by atoms with Crippen molar-refractivity contribution < 1.29 is 24.1 Å². The van der Waals surface area contributed by atoms with Crippen LogP contribution in [0.2, 0.25) is 25.7 Å². The highest BCUT2D eigenvalue weighted by atomic mass is 28.3. The number of rotatable bonds is 10. The summed E-state index contributed by atoms with van der Waals surface area (Å²) in [7, 11) is 0.447. The number of halogens is 1. The number of aromatic nitrogens is 5. The van der Waals surface area contributed by atoms with E-state index in [0.717, 1.165) is 6.04 Å². The van der Waals surface area contributed by atoms with Crippen LogP contribution in [0.3, 0.4) is 0 Å². The Hall–Kier alpha value is -3.19. The standard InChI is InChI=1S/C25H33FN6O4Si/c1-15(34)20(13-33)29-25(35)18-12-32(14-36-8-9-37(3,4)5)24-23(18)28-19(11-27-24)22-17-7-6-16(26)10-21(17)31(2)30-22/h6-7,10-12,15,20,33-34H,8-9,13-14H2,1-5H3,(H,29,35)/t15?,20-/m1/s1. The summed E-state index contributed by atoms with van der Waals surface area (Å²) < 4.78 is 23.0. The summed E-state index contributed by atoms with van der Waals surface area (Å²) in [6.07, 6.45) is 2.23. The molecule has 3 N–H and O–H groups in total. The number of nitrogens with zero attached hydrogens (tertiary/aromatic N) is 5. The Kier molecular flexibility index (Phi) is 7.74. The number of carbonyl (C=O) groups excluding carboxylic acids is 1. The molecule has 0 fully saturated rings. The van der Waals surface area contributed by atoms with E-state index in [1.165, 1.54) is 19.1 Å². The van der Waals surface area contributed by atoms with E-state index in [0.29, 0.717) is 40.1 Å². The summed E-state index contributed by atoms with van der Waals surface area (Å²) in [6.45, 7) is 8.66. The number of nitrogens with one attached hydrogen (secondary N) is 1. The van der Waals surface area contributed by atoms with Crippen molar-refractivity contribution in [2.24, 2.45) is 7.05 Å². The summed E-state index contributed by atoms with van der Waals surface area (Å²) in [5, 5.41) is 27.3. The normalized spacial score (nSPS) is 13.8. The molecule has 37 heavy (non-hydrogen) atoms. The molecule has 1 unspecified atom stereocenters. The monoisotopic (exact) mass is 528 g/mol. The number of benzene rings is 1. The molecule has 0 bridgehead atoms. The van der Waals surface area contributed by atoms with Gasteiger partial charge in [0.15, 0.2) is 5.65 Å². The van der Waals surface area contributed by atoms with Crippen molar-refractivity contribution in [2.45, 2.75) is 51.5 Å². The van der Waals surface area contributed by atoms with Crippen LogP contribution in [0.5, 0.6) is 0 Å². The Balaban J connectivity index is 1.75. The van der Waals surface area contributed by atoms with Gasteiger partial charge in [0, 0.05) is 33.3 Å². The maximum absolute atomic E-state index is 13.8. The van der Waals surface area contributed by atoms with Gasteiger partial charge in [-0.25, -0.2) is 14.4 Å². The van der Waals surface area contributed by atoms with Gasteiger partial charge < -0.3 is 24.8 Å². The Morgan fingerprint density at radius 3 is 2.73 bits per heavy atom. The topological polar surface area (TPSA) is 127 Å². The van der Waals surface area contributed by atoms with E-state index in [4.69, 9.17) is 9.72 Å². The van der Waals surface area contributed by atoms with E-state index < -0.39 is 32.7 Å². The van der Waals surface area contributed by atoms with Gasteiger partial charge in [-0.1, -0.05) is 19.6 Å². The molecule has 198 valence electrons. The lowest BCUT2D eigenvalue weighted by molar-refractivity contribution is 0.0756. The fraction of sp³-hybridized carbons (Fsp3) is 0.440. The van der Waals surface area contributed by atoms with Crippen molar-refractivity contribution in [2.75, 3.05) is 13.2 Å². The van der Waals surface area contributed by atoms with Crippen LogP contribution in [0.25, 0.3) is 33.5 Å². The average molecular weight is 529 g/mol. The van der Waals surface area contributed by atoms with Crippen LogP contribution in [-0.2, 0) is 18.5 Å². The number of fused-ring (bicyclic) bond motifs is 2. The highest BCUT2D eigenvalue weighted by molar-refractivity contribution is 6.76. The van der Waals surface area contributed by atoms with Crippen molar-refractivity contribution in [3.05, 3.63) is 42.0 Å². The molecule has 12 heteroatoms. The molecule has 0 aliphatic carbocycles. The van der Waals surface area contributed by atoms with Crippen LogP contribution in [0, 0.1) is 5.82 Å². The lowest BCUT2D eigenvalue weighted by atomic mass is 10.1. The van der Waals surface area contributed by atoms with Crippen LogP contribution >= 0.6 is 0 Å². The number of amides is 1. The molecule has 1 amide bonds. The first-order valence-electron chi connectivity index (χ1n) is 12.1. The molecule has 0 radical (unpaired) electrons. The molecule has 10 nitrogen and oxygen atoms in total. The van der Waals surface area contributed by atoms with Gasteiger partial charge in [-0.15, -0.1) is 0 Å². The fourth-order valence-electron chi connectivity index (χ4n) is 3.96. The van der Waals surface area contributed by atoms with Crippen LogP contribution in [0.4, 0.5) is 4.39 Å². The number of carbonyl (C=O) groups is 1. The Morgan fingerprint density at radius 2 is 2.05 bits per heavy atom. The fourth-order valence-corrected chi connectivity index (χ4v) is 4.71. The molecule has 4 rings (SSSR count). The molecule has 0 aliphatic heterocycles. The Morgan fingerprint density at radius 1 is 1.30 bits per heavy atom. The SMILES string of the molecule is CC(O)[C@@H](CO)NC(=O)c1cn(COCC[Si](C)(C)C)c2ncc(-c3nn(C)c4cc(F)ccc34)nc12. The van der Waals surface area contributed by atoms with E-state index in [-0.39, 0.29) is 18.1 Å². The van der Waals surface area contributed by atoms with Crippen LogP contribution in [0.1, 0.15) is 17.3 Å². The minimum Gasteiger partial charge on any atom is -0.394 e. The predicted molar refractivity (Wildman–Crippen MR) is 141 cm³/mol. The smallest absolute Gasteiger partial charge is 0.255 e. The first-order valence-corrected chi connectivity index (χ1v) is 15.9. The lowest BCUT2D eigenvalue weighted by Gasteiger charge is -2.18. The Bertz CT molecular complexity index is 1430. The van der Waals surface area contributed by atoms with Crippen molar-refractivity contribution in [1.29, 1.82) is 0 Å². The predicted octanol–water partition coefficient (Wildman–Crippen LogP) is 2.91. The van der Waals surface area contributed by atoms with Gasteiger partial charge in [-0.05, 0) is 31.2 Å².